The van der Waals surface area contributed by atoms with Gasteiger partial charge in [0.2, 0.25) is 0 Å². The molecule has 0 N–H and O–H groups in total. The fourth-order valence-electron chi connectivity index (χ4n) is 5.71. The molecule has 42 heavy (non-hydrogen) atoms. The van der Waals surface area contributed by atoms with Gasteiger partial charge in [0.25, 0.3) is 0 Å². The van der Waals surface area contributed by atoms with E-state index < -0.39 is 0 Å². The first-order valence-electron chi connectivity index (χ1n) is 14.1. The largest absolute Gasteiger partial charge is 0.208 e. The summed E-state index contributed by atoms with van der Waals surface area (Å²) in [6, 6.07) is 53.0. The third kappa shape index (κ3) is 4.38. The van der Waals surface area contributed by atoms with E-state index in [1.807, 2.05) is 30.3 Å². The molecule has 8 rings (SSSR count). The van der Waals surface area contributed by atoms with Crippen molar-refractivity contribution in [1.82, 2.24) is 15.0 Å². The van der Waals surface area contributed by atoms with Crippen LogP contribution in [0.4, 0.5) is 0 Å². The van der Waals surface area contributed by atoms with E-state index in [2.05, 4.69) is 121 Å². The molecule has 0 aliphatic heterocycles. The number of rotatable bonds is 4. The van der Waals surface area contributed by atoms with Gasteiger partial charge in [0, 0.05) is 16.7 Å². The lowest BCUT2D eigenvalue weighted by Crippen LogP contribution is -2.00. The number of fused-ring (bicyclic) bond motifs is 3. The van der Waals surface area contributed by atoms with Crippen molar-refractivity contribution in [2.45, 2.75) is 0 Å². The number of nitrogens with zero attached hydrogens (tertiary/aromatic N) is 3. The van der Waals surface area contributed by atoms with E-state index in [0.717, 1.165) is 27.5 Å². The maximum Gasteiger partial charge on any atom is 0.164 e. The number of aromatic nitrogens is 3. The molecular weight excluding hydrogens is 510 g/mol. The maximum absolute atomic E-state index is 5.01. The number of hydrogen-bond donors (Lipinski definition) is 0. The van der Waals surface area contributed by atoms with Crippen molar-refractivity contribution in [3.63, 3.8) is 0 Å². The van der Waals surface area contributed by atoms with Crippen molar-refractivity contribution < 1.29 is 0 Å². The molecule has 0 unspecified atom stereocenters. The van der Waals surface area contributed by atoms with Gasteiger partial charge in [-0.15, -0.1) is 0 Å². The Kier molecular flexibility index (Phi) is 5.79. The summed E-state index contributed by atoms with van der Waals surface area (Å²) in [5, 5.41) is 7.18. The van der Waals surface area contributed by atoms with E-state index in [-0.39, 0.29) is 0 Å². The van der Waals surface area contributed by atoms with E-state index in [1.54, 1.807) is 0 Å². The van der Waals surface area contributed by atoms with Gasteiger partial charge in [-0.1, -0.05) is 133 Å². The van der Waals surface area contributed by atoms with E-state index in [9.17, 15) is 0 Å². The normalized spacial score (nSPS) is 11.3. The molecule has 0 saturated heterocycles. The second-order valence-electron chi connectivity index (χ2n) is 10.5. The first kappa shape index (κ1) is 24.2. The lowest BCUT2D eigenvalue weighted by molar-refractivity contribution is 1.08. The zero-order valence-corrected chi connectivity index (χ0v) is 22.8. The van der Waals surface area contributed by atoms with Crippen LogP contribution in [0, 0.1) is 0 Å². The zero-order valence-electron chi connectivity index (χ0n) is 22.8. The van der Waals surface area contributed by atoms with Gasteiger partial charge in [0.15, 0.2) is 17.5 Å². The molecule has 3 heteroatoms. The Labute approximate surface area is 243 Å². The van der Waals surface area contributed by atoms with Gasteiger partial charge in [-0.2, -0.15) is 0 Å². The molecule has 0 radical (unpaired) electrons. The average molecular weight is 536 g/mol. The van der Waals surface area contributed by atoms with Crippen molar-refractivity contribution in [2.24, 2.45) is 0 Å². The van der Waals surface area contributed by atoms with Gasteiger partial charge in [-0.05, 0) is 61.6 Å². The van der Waals surface area contributed by atoms with Gasteiger partial charge in [-0.25, -0.2) is 15.0 Å². The molecule has 0 aliphatic rings. The standard InChI is InChI=1S/C39H25N3/c1-2-11-28(12-3-1)37-40-38(33-20-18-27-10-5-7-14-30(27)24-33)42-39(41-37)34-21-22-36-31(25-34)15-8-16-35(36)32-19-17-26-9-4-6-13-29(26)23-32/h1-25H. The van der Waals surface area contributed by atoms with Gasteiger partial charge >= 0.3 is 0 Å². The summed E-state index contributed by atoms with van der Waals surface area (Å²) in [4.78, 5) is 14.9. The molecule has 1 heterocycles. The van der Waals surface area contributed by atoms with Gasteiger partial charge in [0.1, 0.15) is 0 Å². The highest BCUT2D eigenvalue weighted by Crippen LogP contribution is 2.34. The van der Waals surface area contributed by atoms with Crippen LogP contribution in [0.1, 0.15) is 0 Å². The predicted molar refractivity (Wildman–Crippen MR) is 174 cm³/mol. The molecule has 196 valence electrons. The van der Waals surface area contributed by atoms with E-state index in [4.69, 9.17) is 15.0 Å². The highest BCUT2D eigenvalue weighted by Gasteiger charge is 2.14. The minimum atomic E-state index is 0.657. The van der Waals surface area contributed by atoms with Crippen LogP contribution in [-0.2, 0) is 0 Å². The minimum absolute atomic E-state index is 0.657. The molecule has 0 aliphatic carbocycles. The van der Waals surface area contributed by atoms with E-state index in [1.165, 1.54) is 32.7 Å². The van der Waals surface area contributed by atoms with E-state index in [0.29, 0.717) is 17.5 Å². The van der Waals surface area contributed by atoms with Crippen LogP contribution in [0.25, 0.3) is 77.6 Å². The Morgan fingerprint density at radius 1 is 0.286 bits per heavy atom. The lowest BCUT2D eigenvalue weighted by atomic mass is 9.95. The van der Waals surface area contributed by atoms with Crippen molar-refractivity contribution in [1.29, 1.82) is 0 Å². The summed E-state index contributed by atoms with van der Waals surface area (Å²) in [6.07, 6.45) is 0. The fourth-order valence-corrected chi connectivity index (χ4v) is 5.71. The van der Waals surface area contributed by atoms with Gasteiger partial charge < -0.3 is 0 Å². The van der Waals surface area contributed by atoms with Crippen LogP contribution >= 0.6 is 0 Å². The Hall–Kier alpha value is -5.67. The van der Waals surface area contributed by atoms with Gasteiger partial charge in [-0.3, -0.25) is 0 Å². The molecule has 0 spiro atoms. The second-order valence-corrected chi connectivity index (χ2v) is 10.5. The number of hydrogen-bond acceptors (Lipinski definition) is 3. The van der Waals surface area contributed by atoms with Crippen LogP contribution in [0.3, 0.4) is 0 Å². The van der Waals surface area contributed by atoms with E-state index >= 15 is 0 Å². The van der Waals surface area contributed by atoms with Crippen molar-refractivity contribution in [2.75, 3.05) is 0 Å². The second kappa shape index (κ2) is 10.1. The summed E-state index contributed by atoms with van der Waals surface area (Å²) < 4.78 is 0. The quantitative estimate of drug-likeness (QED) is 0.225. The minimum Gasteiger partial charge on any atom is -0.208 e. The summed E-state index contributed by atoms with van der Waals surface area (Å²) >= 11 is 0. The molecule has 8 aromatic rings. The summed E-state index contributed by atoms with van der Waals surface area (Å²) in [6.45, 7) is 0. The Morgan fingerprint density at radius 3 is 1.43 bits per heavy atom. The van der Waals surface area contributed by atoms with Crippen molar-refractivity contribution >= 4 is 32.3 Å². The van der Waals surface area contributed by atoms with Crippen LogP contribution < -0.4 is 0 Å². The molecule has 0 atom stereocenters. The number of benzene rings is 7. The van der Waals surface area contributed by atoms with Crippen LogP contribution in [0.5, 0.6) is 0 Å². The summed E-state index contributed by atoms with van der Waals surface area (Å²) in [5.74, 6) is 1.98. The topological polar surface area (TPSA) is 38.7 Å². The molecule has 1 aromatic heterocycles. The fraction of sp³-hybridized carbons (Fsp3) is 0. The Morgan fingerprint density at radius 2 is 0.762 bits per heavy atom. The Balaban J connectivity index is 1.27. The smallest absolute Gasteiger partial charge is 0.164 e. The van der Waals surface area contributed by atoms with Crippen LogP contribution in [0.2, 0.25) is 0 Å². The SMILES string of the molecule is c1ccc(-c2nc(-c3ccc4ccccc4c3)nc(-c3ccc4c(-c5ccc6ccccc6c5)cccc4c3)n2)cc1. The van der Waals surface area contributed by atoms with Crippen LogP contribution in [0.15, 0.2) is 152 Å². The zero-order chi connectivity index (χ0) is 27.9. The maximum atomic E-state index is 5.01. The monoisotopic (exact) mass is 535 g/mol. The lowest BCUT2D eigenvalue weighted by Gasteiger charge is -2.11. The first-order chi connectivity index (χ1) is 20.8. The molecule has 0 amide bonds. The van der Waals surface area contributed by atoms with Crippen LogP contribution in [-0.4, -0.2) is 15.0 Å². The predicted octanol–water partition coefficient (Wildman–Crippen LogP) is 10.00. The summed E-state index contributed by atoms with van der Waals surface area (Å²) in [5.41, 5.74) is 5.30. The highest BCUT2D eigenvalue weighted by atomic mass is 15.0. The highest BCUT2D eigenvalue weighted by molar-refractivity contribution is 6.00. The molecular formula is C39H25N3. The van der Waals surface area contributed by atoms with Gasteiger partial charge in [0.05, 0.1) is 0 Å². The first-order valence-corrected chi connectivity index (χ1v) is 14.1. The molecule has 0 saturated carbocycles. The third-order valence-electron chi connectivity index (χ3n) is 7.87. The molecule has 7 aromatic carbocycles. The van der Waals surface area contributed by atoms with Crippen molar-refractivity contribution in [3.8, 4) is 45.3 Å². The third-order valence-corrected chi connectivity index (χ3v) is 7.87. The van der Waals surface area contributed by atoms with Crippen molar-refractivity contribution in [3.05, 3.63) is 152 Å². The molecule has 0 bridgehead atoms. The summed E-state index contributed by atoms with van der Waals surface area (Å²) in [7, 11) is 0. The Bertz CT molecular complexity index is 2250. The average Bonchev–Trinajstić information content (AvgIpc) is 3.07. The molecule has 0 fully saturated rings. The molecule has 3 nitrogen and oxygen atoms in total.